The summed E-state index contributed by atoms with van der Waals surface area (Å²) < 4.78 is 5.53. The number of anilines is 2. The van der Waals surface area contributed by atoms with Gasteiger partial charge in [0.2, 0.25) is 5.91 Å². The van der Waals surface area contributed by atoms with E-state index in [1.54, 1.807) is 23.1 Å². The Morgan fingerprint density at radius 2 is 1.88 bits per heavy atom. The first kappa shape index (κ1) is 17.0. The monoisotopic (exact) mass is 338 g/mol. The quantitative estimate of drug-likeness (QED) is 0.930. The lowest BCUT2D eigenvalue weighted by Gasteiger charge is -2.30. The molecule has 0 fully saturated rings. The lowest BCUT2D eigenvalue weighted by atomic mass is 9.95. The summed E-state index contributed by atoms with van der Waals surface area (Å²) in [4.78, 5) is 26.3. The Hall–Kier alpha value is -2.82. The number of ether oxygens (including phenoxy) is 1. The van der Waals surface area contributed by atoms with Crippen LogP contribution < -0.4 is 15.0 Å². The average Bonchev–Trinajstić information content (AvgIpc) is 2.57. The molecule has 25 heavy (non-hydrogen) atoms. The number of hydrogen-bond acceptors (Lipinski definition) is 3. The first-order valence-electron chi connectivity index (χ1n) is 8.27. The zero-order valence-corrected chi connectivity index (χ0v) is 14.7. The summed E-state index contributed by atoms with van der Waals surface area (Å²) in [6.45, 7) is 6.06. The van der Waals surface area contributed by atoms with Crippen LogP contribution in [0, 0.1) is 5.41 Å². The van der Waals surface area contributed by atoms with Crippen molar-refractivity contribution in [3.63, 3.8) is 0 Å². The third-order valence-corrected chi connectivity index (χ3v) is 4.02. The van der Waals surface area contributed by atoms with E-state index in [1.807, 2.05) is 51.1 Å². The van der Waals surface area contributed by atoms with Gasteiger partial charge in [-0.1, -0.05) is 51.1 Å². The molecule has 0 saturated carbocycles. The van der Waals surface area contributed by atoms with Gasteiger partial charge in [0, 0.05) is 11.1 Å². The van der Waals surface area contributed by atoms with Crippen LogP contribution >= 0.6 is 0 Å². The second-order valence-corrected chi connectivity index (χ2v) is 7.14. The Kier molecular flexibility index (Phi) is 4.49. The second-order valence-electron chi connectivity index (χ2n) is 7.14. The summed E-state index contributed by atoms with van der Waals surface area (Å²) in [5, 5.41) is 2.90. The van der Waals surface area contributed by atoms with Crippen molar-refractivity contribution in [3.8, 4) is 5.75 Å². The molecule has 0 aromatic heterocycles. The molecule has 2 amide bonds. The fourth-order valence-corrected chi connectivity index (χ4v) is 2.54. The van der Waals surface area contributed by atoms with E-state index >= 15 is 0 Å². The molecule has 0 bridgehead atoms. The maximum Gasteiger partial charge on any atom is 0.265 e. The SMILES string of the molecule is CC(C)(C)C(=O)Nc1ccc2c(c1)N(Cc1ccccc1)C(=O)CO2. The minimum atomic E-state index is -0.494. The third-order valence-electron chi connectivity index (χ3n) is 4.02. The molecule has 2 aromatic carbocycles. The van der Waals surface area contributed by atoms with Crippen molar-refractivity contribution >= 4 is 23.2 Å². The average molecular weight is 338 g/mol. The number of hydrogen-bond donors (Lipinski definition) is 1. The zero-order valence-electron chi connectivity index (χ0n) is 14.7. The smallest absolute Gasteiger partial charge is 0.265 e. The lowest BCUT2D eigenvalue weighted by Crippen LogP contribution is -2.38. The molecule has 0 unspecified atom stereocenters. The van der Waals surface area contributed by atoms with Crippen LogP contribution in [0.15, 0.2) is 48.5 Å². The maximum atomic E-state index is 12.4. The Morgan fingerprint density at radius 3 is 2.56 bits per heavy atom. The largest absolute Gasteiger partial charge is 0.482 e. The standard InChI is InChI=1S/C20H22N2O3/c1-20(2,3)19(24)21-15-9-10-17-16(11-15)22(18(23)13-25-17)12-14-7-5-4-6-8-14/h4-11H,12-13H2,1-3H3,(H,21,24). The van der Waals surface area contributed by atoms with Crippen LogP contribution in [0.25, 0.3) is 0 Å². The summed E-state index contributed by atoms with van der Waals surface area (Å²) in [6, 6.07) is 15.2. The van der Waals surface area contributed by atoms with Gasteiger partial charge in [-0.05, 0) is 23.8 Å². The van der Waals surface area contributed by atoms with Crippen molar-refractivity contribution < 1.29 is 14.3 Å². The van der Waals surface area contributed by atoms with Gasteiger partial charge in [-0.2, -0.15) is 0 Å². The molecule has 0 spiro atoms. The molecule has 0 saturated heterocycles. The van der Waals surface area contributed by atoms with E-state index in [4.69, 9.17) is 4.74 Å². The summed E-state index contributed by atoms with van der Waals surface area (Å²) in [5.41, 5.74) is 1.86. The molecule has 2 aromatic rings. The van der Waals surface area contributed by atoms with Gasteiger partial charge in [0.1, 0.15) is 5.75 Å². The predicted octanol–water partition coefficient (Wildman–Crippen LogP) is 3.60. The summed E-state index contributed by atoms with van der Waals surface area (Å²) >= 11 is 0. The molecular formula is C20H22N2O3. The second kappa shape index (κ2) is 6.59. The van der Waals surface area contributed by atoms with Crippen molar-refractivity contribution in [2.24, 2.45) is 5.41 Å². The maximum absolute atomic E-state index is 12.4. The normalized spacial score (nSPS) is 13.9. The van der Waals surface area contributed by atoms with Gasteiger partial charge < -0.3 is 15.0 Å². The molecule has 1 aliphatic rings. The molecule has 1 heterocycles. The predicted molar refractivity (Wildman–Crippen MR) is 97.7 cm³/mol. The first-order valence-corrected chi connectivity index (χ1v) is 8.27. The molecule has 3 rings (SSSR count). The third kappa shape index (κ3) is 3.82. The van der Waals surface area contributed by atoms with E-state index in [0.717, 1.165) is 5.56 Å². The molecule has 0 aliphatic carbocycles. The number of rotatable bonds is 3. The van der Waals surface area contributed by atoms with Crippen molar-refractivity contribution in [2.75, 3.05) is 16.8 Å². The minimum absolute atomic E-state index is 0.0214. The Labute approximate surface area is 147 Å². The highest BCUT2D eigenvalue weighted by Crippen LogP contribution is 2.35. The van der Waals surface area contributed by atoms with Crippen LogP contribution in [0.4, 0.5) is 11.4 Å². The zero-order chi connectivity index (χ0) is 18.0. The van der Waals surface area contributed by atoms with E-state index in [1.165, 1.54) is 0 Å². The molecule has 5 nitrogen and oxygen atoms in total. The van der Waals surface area contributed by atoms with Gasteiger partial charge in [-0.3, -0.25) is 9.59 Å². The number of amides is 2. The number of benzene rings is 2. The van der Waals surface area contributed by atoms with Gasteiger partial charge in [-0.15, -0.1) is 0 Å². The van der Waals surface area contributed by atoms with Gasteiger partial charge >= 0.3 is 0 Å². The van der Waals surface area contributed by atoms with E-state index in [-0.39, 0.29) is 18.4 Å². The molecule has 0 atom stereocenters. The molecule has 1 N–H and O–H groups in total. The topological polar surface area (TPSA) is 58.6 Å². The van der Waals surface area contributed by atoms with E-state index in [0.29, 0.717) is 23.7 Å². The minimum Gasteiger partial charge on any atom is -0.482 e. The first-order chi connectivity index (χ1) is 11.8. The summed E-state index contributed by atoms with van der Waals surface area (Å²) in [6.07, 6.45) is 0. The number of nitrogens with zero attached hydrogens (tertiary/aromatic N) is 1. The molecule has 0 radical (unpaired) electrons. The molecule has 1 aliphatic heterocycles. The van der Waals surface area contributed by atoms with E-state index in [9.17, 15) is 9.59 Å². The van der Waals surface area contributed by atoms with Gasteiger partial charge in [-0.25, -0.2) is 0 Å². The summed E-state index contributed by atoms with van der Waals surface area (Å²) in [5.74, 6) is 0.463. The summed E-state index contributed by atoms with van der Waals surface area (Å²) in [7, 11) is 0. The van der Waals surface area contributed by atoms with Crippen LogP contribution in [-0.2, 0) is 16.1 Å². The molecule has 5 heteroatoms. The van der Waals surface area contributed by atoms with Crippen LogP contribution in [0.5, 0.6) is 5.75 Å². The van der Waals surface area contributed by atoms with Crippen molar-refractivity contribution in [1.29, 1.82) is 0 Å². The fourth-order valence-electron chi connectivity index (χ4n) is 2.54. The van der Waals surface area contributed by atoms with Crippen LogP contribution in [0.3, 0.4) is 0 Å². The van der Waals surface area contributed by atoms with Crippen molar-refractivity contribution in [2.45, 2.75) is 27.3 Å². The fraction of sp³-hybridized carbons (Fsp3) is 0.300. The molecular weight excluding hydrogens is 316 g/mol. The Balaban J connectivity index is 1.89. The van der Waals surface area contributed by atoms with Crippen LogP contribution in [0.1, 0.15) is 26.3 Å². The number of carbonyl (C=O) groups is 2. The van der Waals surface area contributed by atoms with Crippen LogP contribution in [-0.4, -0.2) is 18.4 Å². The highest BCUT2D eigenvalue weighted by molar-refractivity contribution is 6.00. The van der Waals surface area contributed by atoms with Gasteiger partial charge in [0.15, 0.2) is 6.61 Å². The number of fused-ring (bicyclic) bond motifs is 1. The van der Waals surface area contributed by atoms with Crippen molar-refractivity contribution in [3.05, 3.63) is 54.1 Å². The highest BCUT2D eigenvalue weighted by atomic mass is 16.5. The van der Waals surface area contributed by atoms with Crippen molar-refractivity contribution in [1.82, 2.24) is 0 Å². The number of nitrogens with one attached hydrogen (secondary N) is 1. The van der Waals surface area contributed by atoms with E-state index < -0.39 is 5.41 Å². The lowest BCUT2D eigenvalue weighted by molar-refractivity contribution is -0.123. The highest BCUT2D eigenvalue weighted by Gasteiger charge is 2.27. The molecule has 130 valence electrons. The number of carbonyl (C=O) groups excluding carboxylic acids is 2. The Bertz CT molecular complexity index is 794. The van der Waals surface area contributed by atoms with E-state index in [2.05, 4.69) is 5.32 Å². The van der Waals surface area contributed by atoms with Gasteiger partial charge in [0.05, 0.1) is 12.2 Å². The van der Waals surface area contributed by atoms with Crippen LogP contribution in [0.2, 0.25) is 0 Å². The van der Waals surface area contributed by atoms with Gasteiger partial charge in [0.25, 0.3) is 5.91 Å². The Morgan fingerprint density at radius 1 is 1.16 bits per heavy atom.